The van der Waals surface area contributed by atoms with E-state index >= 15 is 0 Å². The van der Waals surface area contributed by atoms with E-state index in [1.54, 1.807) is 11.8 Å². The van der Waals surface area contributed by atoms with Crippen LogP contribution in [0.1, 0.15) is 51.3 Å². The summed E-state index contributed by atoms with van der Waals surface area (Å²) in [6.45, 7) is 12.7. The van der Waals surface area contributed by atoms with Crippen LogP contribution in [0.4, 0.5) is 0 Å². The molecule has 0 spiro atoms. The molecule has 1 N–H and O–H groups in total. The van der Waals surface area contributed by atoms with Gasteiger partial charge in [0.15, 0.2) is 6.61 Å². The summed E-state index contributed by atoms with van der Waals surface area (Å²) >= 11 is 3.55. The first-order chi connectivity index (χ1) is 14.5. The Labute approximate surface area is 194 Å². The van der Waals surface area contributed by atoms with Gasteiger partial charge in [0.2, 0.25) is 5.91 Å². The van der Waals surface area contributed by atoms with Crippen molar-refractivity contribution >= 4 is 27.7 Å². The molecule has 0 heterocycles. The summed E-state index contributed by atoms with van der Waals surface area (Å²) in [5.41, 5.74) is 3.26. The molecule has 2 amide bonds. The maximum absolute atomic E-state index is 13.1. The number of halogens is 1. The fourth-order valence-corrected chi connectivity index (χ4v) is 3.68. The number of carbonyl (C=O) groups excluding carboxylic acids is 2. The molecule has 0 radical (unpaired) electrons. The van der Waals surface area contributed by atoms with Gasteiger partial charge in [0.05, 0.1) is 4.47 Å². The molecule has 6 heteroatoms. The summed E-state index contributed by atoms with van der Waals surface area (Å²) in [5.74, 6) is 0.178. The van der Waals surface area contributed by atoms with E-state index in [1.807, 2.05) is 56.3 Å². The van der Waals surface area contributed by atoms with Crippen LogP contribution in [0.15, 0.2) is 46.9 Å². The van der Waals surface area contributed by atoms with Gasteiger partial charge in [-0.15, -0.1) is 0 Å². The van der Waals surface area contributed by atoms with Crippen LogP contribution in [-0.2, 0) is 21.5 Å². The van der Waals surface area contributed by atoms with Gasteiger partial charge < -0.3 is 15.0 Å². The minimum atomic E-state index is -0.609. The summed E-state index contributed by atoms with van der Waals surface area (Å²) in [7, 11) is 0. The lowest BCUT2D eigenvalue weighted by Crippen LogP contribution is -2.49. The van der Waals surface area contributed by atoms with E-state index in [1.165, 1.54) is 5.56 Å². The first kappa shape index (κ1) is 24.9. The Balaban J connectivity index is 2.19. The minimum Gasteiger partial charge on any atom is -0.483 e. The van der Waals surface area contributed by atoms with Crippen LogP contribution in [0.25, 0.3) is 0 Å². The standard InChI is InChI=1S/C25H33BrN2O3/c1-7-27-24(30)18(3)28(15-19-11-9-8-10-17(19)2)23(29)16-31-22-13-12-20(14-21(22)26)25(4,5)6/h8-14,18H,7,15-16H2,1-6H3,(H,27,30). The van der Waals surface area contributed by atoms with E-state index in [-0.39, 0.29) is 23.8 Å². The molecule has 0 saturated heterocycles. The fourth-order valence-electron chi connectivity index (χ4n) is 3.18. The summed E-state index contributed by atoms with van der Waals surface area (Å²) in [6, 6.07) is 13.2. The number of ether oxygens (including phenoxy) is 1. The van der Waals surface area contributed by atoms with Gasteiger partial charge >= 0.3 is 0 Å². The lowest BCUT2D eigenvalue weighted by molar-refractivity contribution is -0.142. The van der Waals surface area contributed by atoms with Gasteiger partial charge in [0.25, 0.3) is 5.91 Å². The van der Waals surface area contributed by atoms with Gasteiger partial charge in [-0.25, -0.2) is 0 Å². The van der Waals surface area contributed by atoms with Crippen molar-refractivity contribution in [3.05, 3.63) is 63.6 Å². The fraction of sp³-hybridized carbons (Fsp3) is 0.440. The number of aryl methyl sites for hydroxylation is 1. The predicted octanol–water partition coefficient (Wildman–Crippen LogP) is 4.99. The van der Waals surface area contributed by atoms with Crippen LogP contribution in [0.5, 0.6) is 5.75 Å². The Bertz CT molecular complexity index is 921. The van der Waals surface area contributed by atoms with Crippen molar-refractivity contribution in [2.75, 3.05) is 13.2 Å². The van der Waals surface area contributed by atoms with Gasteiger partial charge in [0, 0.05) is 13.1 Å². The smallest absolute Gasteiger partial charge is 0.261 e. The Kier molecular flexibility index (Phi) is 8.69. The van der Waals surface area contributed by atoms with E-state index in [4.69, 9.17) is 4.74 Å². The third kappa shape index (κ3) is 6.82. The van der Waals surface area contributed by atoms with Crippen molar-refractivity contribution in [3.8, 4) is 5.75 Å². The molecule has 2 aromatic rings. The van der Waals surface area contributed by atoms with Crippen LogP contribution < -0.4 is 10.1 Å². The van der Waals surface area contributed by atoms with E-state index in [9.17, 15) is 9.59 Å². The zero-order valence-corrected chi connectivity index (χ0v) is 20.9. The second-order valence-corrected chi connectivity index (χ2v) is 9.56. The molecular formula is C25H33BrN2O3. The Morgan fingerprint density at radius 1 is 1.16 bits per heavy atom. The molecule has 5 nitrogen and oxygen atoms in total. The van der Waals surface area contributed by atoms with Crippen LogP contribution >= 0.6 is 15.9 Å². The van der Waals surface area contributed by atoms with Crippen LogP contribution in [0.2, 0.25) is 0 Å². The summed E-state index contributed by atoms with van der Waals surface area (Å²) in [5, 5.41) is 2.80. The molecule has 0 saturated carbocycles. The van der Waals surface area contributed by atoms with Crippen molar-refractivity contribution in [2.45, 2.75) is 59.5 Å². The van der Waals surface area contributed by atoms with Crippen LogP contribution in [-0.4, -0.2) is 35.9 Å². The highest BCUT2D eigenvalue weighted by Gasteiger charge is 2.27. The molecule has 0 bridgehead atoms. The Morgan fingerprint density at radius 2 is 1.84 bits per heavy atom. The van der Waals surface area contributed by atoms with Gasteiger partial charge in [-0.3, -0.25) is 9.59 Å². The molecule has 31 heavy (non-hydrogen) atoms. The topological polar surface area (TPSA) is 58.6 Å². The van der Waals surface area contributed by atoms with Gasteiger partial charge in [-0.05, 0) is 70.9 Å². The third-order valence-electron chi connectivity index (χ3n) is 5.27. The molecule has 2 rings (SSSR count). The molecule has 1 atom stereocenters. The first-order valence-corrected chi connectivity index (χ1v) is 11.4. The lowest BCUT2D eigenvalue weighted by atomic mass is 9.87. The van der Waals surface area contributed by atoms with E-state index in [0.717, 1.165) is 15.6 Å². The average molecular weight is 489 g/mol. The van der Waals surface area contributed by atoms with Crippen LogP contribution in [0, 0.1) is 6.92 Å². The number of benzene rings is 2. The molecule has 0 aliphatic rings. The summed E-state index contributed by atoms with van der Waals surface area (Å²) < 4.78 is 6.64. The molecular weight excluding hydrogens is 456 g/mol. The minimum absolute atomic E-state index is 0.0171. The van der Waals surface area contributed by atoms with Crippen molar-refractivity contribution in [2.24, 2.45) is 0 Å². The number of nitrogens with one attached hydrogen (secondary N) is 1. The zero-order chi connectivity index (χ0) is 23.2. The number of hydrogen-bond donors (Lipinski definition) is 1. The van der Waals surface area contributed by atoms with Crippen LogP contribution in [0.3, 0.4) is 0 Å². The maximum Gasteiger partial charge on any atom is 0.261 e. The maximum atomic E-state index is 13.1. The predicted molar refractivity (Wildman–Crippen MR) is 128 cm³/mol. The van der Waals surface area contributed by atoms with Gasteiger partial charge in [-0.1, -0.05) is 51.1 Å². The molecule has 0 fully saturated rings. The van der Waals surface area contributed by atoms with Gasteiger partial charge in [0.1, 0.15) is 11.8 Å². The van der Waals surface area contributed by atoms with Crippen molar-refractivity contribution < 1.29 is 14.3 Å². The largest absolute Gasteiger partial charge is 0.483 e. The molecule has 0 aliphatic heterocycles. The lowest BCUT2D eigenvalue weighted by Gasteiger charge is -2.29. The molecule has 2 aromatic carbocycles. The third-order valence-corrected chi connectivity index (χ3v) is 5.89. The second-order valence-electron chi connectivity index (χ2n) is 8.70. The van der Waals surface area contributed by atoms with E-state index < -0.39 is 6.04 Å². The monoisotopic (exact) mass is 488 g/mol. The average Bonchev–Trinajstić information content (AvgIpc) is 2.71. The molecule has 0 aliphatic carbocycles. The summed E-state index contributed by atoms with van der Waals surface area (Å²) in [6.07, 6.45) is 0. The van der Waals surface area contributed by atoms with E-state index in [2.05, 4.69) is 42.0 Å². The summed E-state index contributed by atoms with van der Waals surface area (Å²) in [4.78, 5) is 27.2. The SMILES string of the molecule is CCNC(=O)C(C)N(Cc1ccccc1C)C(=O)COc1ccc(C(C)(C)C)cc1Br. The zero-order valence-electron chi connectivity index (χ0n) is 19.3. The molecule has 1 unspecified atom stereocenters. The molecule has 0 aromatic heterocycles. The molecule has 168 valence electrons. The van der Waals surface area contributed by atoms with Crippen molar-refractivity contribution in [1.29, 1.82) is 0 Å². The first-order valence-electron chi connectivity index (χ1n) is 10.6. The van der Waals surface area contributed by atoms with Crippen molar-refractivity contribution in [1.82, 2.24) is 10.2 Å². The van der Waals surface area contributed by atoms with E-state index in [0.29, 0.717) is 18.8 Å². The number of hydrogen-bond acceptors (Lipinski definition) is 3. The highest BCUT2D eigenvalue weighted by Crippen LogP contribution is 2.31. The quantitative estimate of drug-likeness (QED) is 0.569. The number of likely N-dealkylation sites (N-methyl/N-ethyl adjacent to an activating group) is 1. The number of amides is 2. The van der Waals surface area contributed by atoms with Crippen molar-refractivity contribution in [3.63, 3.8) is 0 Å². The Morgan fingerprint density at radius 3 is 2.42 bits per heavy atom. The highest BCUT2D eigenvalue weighted by molar-refractivity contribution is 9.10. The number of nitrogens with zero attached hydrogens (tertiary/aromatic N) is 1. The highest BCUT2D eigenvalue weighted by atomic mass is 79.9. The number of carbonyl (C=O) groups is 2. The Hall–Kier alpha value is -2.34. The normalized spacial score (nSPS) is 12.2. The second kappa shape index (κ2) is 10.8. The number of rotatable bonds is 8. The van der Waals surface area contributed by atoms with Gasteiger partial charge in [-0.2, -0.15) is 0 Å².